The average molecular weight is 520 g/mol. The van der Waals surface area contributed by atoms with Gasteiger partial charge in [-0.1, -0.05) is 0 Å². The Morgan fingerprint density at radius 2 is 1.09 bits per heavy atom. The number of benzene rings is 3. The number of anilines is 2. The molecular weight excluding hydrogens is 496 g/mol. The molecule has 0 amide bonds. The lowest BCUT2D eigenvalue weighted by Gasteiger charge is -2.15. The molecular formula is C23H23N2O8S2-. The lowest BCUT2D eigenvalue weighted by Crippen LogP contribution is -2.23. The van der Waals surface area contributed by atoms with Gasteiger partial charge in [-0.2, -0.15) is 0 Å². The highest BCUT2D eigenvalue weighted by Crippen LogP contribution is 2.26. The minimum absolute atomic E-state index is 0.101. The zero-order valence-corrected chi connectivity index (χ0v) is 20.5. The van der Waals surface area contributed by atoms with E-state index in [-0.39, 0.29) is 21.2 Å². The average Bonchev–Trinajstić information content (AvgIpc) is 2.79. The van der Waals surface area contributed by atoms with Crippen molar-refractivity contribution in [1.82, 2.24) is 0 Å². The Bertz CT molecular complexity index is 1300. The number of carbonyl (C=O) groups is 1. The van der Waals surface area contributed by atoms with Crippen LogP contribution in [0.15, 0.2) is 76.5 Å². The molecule has 0 aromatic heterocycles. The van der Waals surface area contributed by atoms with Crippen molar-refractivity contribution in [2.24, 2.45) is 0 Å². The zero-order valence-electron chi connectivity index (χ0n) is 18.8. The number of carboxylic acids is 1. The first-order chi connectivity index (χ1) is 16.5. The van der Waals surface area contributed by atoms with Crippen LogP contribution in [0.1, 0.15) is 24.2 Å². The molecule has 12 heteroatoms. The van der Waals surface area contributed by atoms with Gasteiger partial charge >= 0.3 is 0 Å². The highest BCUT2D eigenvalue weighted by molar-refractivity contribution is 7.93. The molecule has 10 nitrogen and oxygen atoms in total. The number of rotatable bonds is 11. The molecule has 0 bridgehead atoms. The molecule has 0 spiro atoms. The third kappa shape index (κ3) is 6.64. The van der Waals surface area contributed by atoms with E-state index in [9.17, 15) is 26.7 Å². The van der Waals surface area contributed by atoms with E-state index in [4.69, 9.17) is 9.47 Å². The van der Waals surface area contributed by atoms with Crippen molar-refractivity contribution < 1.29 is 36.2 Å². The van der Waals surface area contributed by atoms with Crippen LogP contribution >= 0.6 is 0 Å². The third-order valence-corrected chi connectivity index (χ3v) is 7.36. The molecule has 3 aromatic rings. The van der Waals surface area contributed by atoms with Crippen molar-refractivity contribution in [2.45, 2.75) is 23.6 Å². The Hall–Kier alpha value is -3.77. The van der Waals surface area contributed by atoms with Crippen LogP contribution in [0.25, 0.3) is 0 Å². The summed E-state index contributed by atoms with van der Waals surface area (Å²) in [4.78, 5) is 11.3. The van der Waals surface area contributed by atoms with E-state index < -0.39 is 31.6 Å². The van der Waals surface area contributed by atoms with E-state index in [2.05, 4.69) is 9.44 Å². The van der Waals surface area contributed by atoms with Crippen LogP contribution in [0, 0.1) is 0 Å². The number of sulfonamides is 2. The van der Waals surface area contributed by atoms with E-state index in [1.165, 1.54) is 48.5 Å². The number of carboxylic acid groups (broad SMARTS) is 1. The maximum Gasteiger partial charge on any atom is 0.261 e. The topological polar surface area (TPSA) is 151 Å². The molecule has 2 N–H and O–H groups in total. The smallest absolute Gasteiger partial charge is 0.261 e. The second kappa shape index (κ2) is 10.7. The maximum atomic E-state index is 12.8. The SMILES string of the molecule is CCOc1ccc(S(=O)(=O)Nc2cc(NS(=O)(=O)c3ccc(OCC)cc3)cc(C(=O)[O-])c2)cc1. The van der Waals surface area contributed by atoms with Crippen LogP contribution in [-0.2, 0) is 20.0 Å². The summed E-state index contributed by atoms with van der Waals surface area (Å²) in [6, 6.07) is 14.4. The first-order valence-electron chi connectivity index (χ1n) is 10.4. The minimum atomic E-state index is -4.12. The highest BCUT2D eigenvalue weighted by atomic mass is 32.2. The van der Waals surface area contributed by atoms with Crippen molar-refractivity contribution in [3.8, 4) is 11.5 Å². The van der Waals surface area contributed by atoms with Crippen molar-refractivity contribution in [1.29, 1.82) is 0 Å². The second-order valence-corrected chi connectivity index (χ2v) is 10.5. The molecule has 0 aliphatic carbocycles. The number of carbonyl (C=O) groups excluding carboxylic acids is 1. The quantitative estimate of drug-likeness (QED) is 0.392. The van der Waals surface area contributed by atoms with E-state index >= 15 is 0 Å². The monoisotopic (exact) mass is 519 g/mol. The molecule has 0 saturated heterocycles. The summed E-state index contributed by atoms with van der Waals surface area (Å²) in [7, 11) is -8.24. The third-order valence-electron chi connectivity index (χ3n) is 4.56. The fourth-order valence-corrected chi connectivity index (χ4v) is 5.14. The van der Waals surface area contributed by atoms with E-state index in [0.29, 0.717) is 24.7 Å². The predicted molar refractivity (Wildman–Crippen MR) is 128 cm³/mol. The largest absolute Gasteiger partial charge is 0.545 e. The van der Waals surface area contributed by atoms with E-state index in [1.807, 2.05) is 0 Å². The summed E-state index contributed by atoms with van der Waals surface area (Å²) in [5.41, 5.74) is -0.781. The Kier molecular flexibility index (Phi) is 7.87. The van der Waals surface area contributed by atoms with Crippen molar-refractivity contribution in [3.63, 3.8) is 0 Å². The van der Waals surface area contributed by atoms with Crippen LogP contribution in [0.2, 0.25) is 0 Å². The zero-order chi connectivity index (χ0) is 25.6. The van der Waals surface area contributed by atoms with Gasteiger partial charge in [0.05, 0.1) is 40.3 Å². The molecule has 0 saturated carbocycles. The van der Waals surface area contributed by atoms with Crippen molar-refractivity contribution >= 4 is 37.4 Å². The number of hydrogen-bond acceptors (Lipinski definition) is 8. The van der Waals surface area contributed by atoms with Crippen LogP contribution in [0.3, 0.4) is 0 Å². The summed E-state index contributed by atoms with van der Waals surface area (Å²) < 4.78 is 66.3. The molecule has 0 fully saturated rings. The number of hydrogen-bond donors (Lipinski definition) is 2. The van der Waals surface area contributed by atoms with Gasteiger partial charge in [-0.25, -0.2) is 16.8 Å². The van der Waals surface area contributed by atoms with Gasteiger partial charge in [0.25, 0.3) is 20.0 Å². The Morgan fingerprint density at radius 3 is 1.40 bits per heavy atom. The van der Waals surface area contributed by atoms with Gasteiger partial charge in [0, 0.05) is 5.56 Å². The van der Waals surface area contributed by atoms with Crippen LogP contribution in [0.5, 0.6) is 11.5 Å². The minimum Gasteiger partial charge on any atom is -0.545 e. The summed E-state index contributed by atoms with van der Waals surface area (Å²) in [6.45, 7) is 4.40. The maximum absolute atomic E-state index is 12.8. The fourth-order valence-electron chi connectivity index (χ4n) is 3.05. The van der Waals surface area contributed by atoms with Crippen LogP contribution in [0.4, 0.5) is 11.4 Å². The summed E-state index contributed by atoms with van der Waals surface area (Å²) in [5.74, 6) is -0.651. The lowest BCUT2D eigenvalue weighted by atomic mass is 10.2. The summed E-state index contributed by atoms with van der Waals surface area (Å²) >= 11 is 0. The van der Waals surface area contributed by atoms with E-state index in [1.54, 1.807) is 13.8 Å². The normalized spacial score (nSPS) is 11.5. The molecule has 0 heterocycles. The number of aromatic carboxylic acids is 1. The Labute approximate surface area is 203 Å². The van der Waals surface area contributed by atoms with Gasteiger partial charge in [-0.15, -0.1) is 0 Å². The molecule has 3 aromatic carbocycles. The first kappa shape index (κ1) is 25.8. The van der Waals surface area contributed by atoms with Gasteiger partial charge < -0.3 is 19.4 Å². The summed E-state index contributed by atoms with van der Waals surface area (Å²) in [5, 5.41) is 11.5. The number of nitrogens with one attached hydrogen (secondary N) is 2. The second-order valence-electron chi connectivity index (χ2n) is 7.11. The first-order valence-corrected chi connectivity index (χ1v) is 13.4. The van der Waals surface area contributed by atoms with Crippen LogP contribution < -0.4 is 24.0 Å². The fraction of sp³-hybridized carbons (Fsp3) is 0.174. The van der Waals surface area contributed by atoms with Crippen LogP contribution in [-0.4, -0.2) is 36.0 Å². The molecule has 3 rings (SSSR count). The molecule has 35 heavy (non-hydrogen) atoms. The molecule has 0 aliphatic rings. The standard InChI is InChI=1S/C23H24N2O8S2/c1-3-32-19-5-9-21(10-6-19)34(28,29)24-17-13-16(23(26)27)14-18(15-17)25-35(30,31)22-11-7-20(8-12-22)33-4-2/h5-15,24-25H,3-4H2,1-2H3,(H,26,27)/p-1. The van der Waals surface area contributed by atoms with Crippen molar-refractivity contribution in [2.75, 3.05) is 22.7 Å². The van der Waals surface area contributed by atoms with Gasteiger partial charge in [0.2, 0.25) is 0 Å². The highest BCUT2D eigenvalue weighted by Gasteiger charge is 2.18. The molecule has 0 unspecified atom stereocenters. The molecule has 186 valence electrons. The van der Waals surface area contributed by atoms with Gasteiger partial charge in [0.1, 0.15) is 11.5 Å². The van der Waals surface area contributed by atoms with Gasteiger partial charge in [-0.05, 0) is 80.6 Å². The predicted octanol–water partition coefficient (Wildman–Crippen LogP) is 2.45. The van der Waals surface area contributed by atoms with E-state index in [0.717, 1.165) is 18.2 Å². The Morgan fingerprint density at radius 1 is 0.714 bits per heavy atom. The molecule has 0 atom stereocenters. The summed E-state index contributed by atoms with van der Waals surface area (Å²) in [6.07, 6.45) is 0. The molecule has 0 aliphatic heterocycles. The van der Waals surface area contributed by atoms with Gasteiger partial charge in [-0.3, -0.25) is 9.44 Å². The number of ether oxygens (including phenoxy) is 2. The van der Waals surface area contributed by atoms with Gasteiger partial charge in [0.15, 0.2) is 0 Å². The van der Waals surface area contributed by atoms with Crippen molar-refractivity contribution in [3.05, 3.63) is 72.3 Å². The lowest BCUT2D eigenvalue weighted by molar-refractivity contribution is -0.255. The molecule has 0 radical (unpaired) electrons. The Balaban J connectivity index is 1.90.